The van der Waals surface area contributed by atoms with Crippen molar-refractivity contribution in [3.05, 3.63) is 71.8 Å². The number of aromatic nitrogens is 3. The van der Waals surface area contributed by atoms with Crippen LogP contribution in [-0.2, 0) is 0 Å². The molecule has 0 aliphatic carbocycles. The lowest BCUT2D eigenvalue weighted by Gasteiger charge is -2.17. The molecule has 5 heteroatoms. The maximum atomic E-state index is 4.57. The van der Waals surface area contributed by atoms with Crippen molar-refractivity contribution in [3.8, 4) is 0 Å². The van der Waals surface area contributed by atoms with Crippen LogP contribution in [0.4, 0.5) is 5.13 Å². The monoisotopic (exact) mass is 310 g/mol. The largest absolute Gasteiger partial charge is 0.348 e. The average molecular weight is 310 g/mol. The molecule has 1 N–H and O–H groups in total. The van der Waals surface area contributed by atoms with Crippen molar-refractivity contribution in [1.82, 2.24) is 14.3 Å². The summed E-state index contributed by atoms with van der Waals surface area (Å²) in [5, 5.41) is 4.29. The molecule has 0 radical (unpaired) electrons. The summed E-state index contributed by atoms with van der Waals surface area (Å²) in [5.74, 6) is 1.21. The Hall–Kier alpha value is -2.27. The summed E-state index contributed by atoms with van der Waals surface area (Å²) < 4.78 is 4.40. The van der Waals surface area contributed by atoms with Crippen molar-refractivity contribution in [2.45, 2.75) is 25.8 Å². The predicted octanol–water partition coefficient (Wildman–Crippen LogP) is 4.26. The molecule has 3 rings (SSSR count). The van der Waals surface area contributed by atoms with Gasteiger partial charge in [0.25, 0.3) is 0 Å². The average Bonchev–Trinajstić information content (AvgIpc) is 3.03. The van der Waals surface area contributed by atoms with Crippen LogP contribution < -0.4 is 5.32 Å². The molecule has 0 spiro atoms. The quantitative estimate of drug-likeness (QED) is 0.765. The highest BCUT2D eigenvalue weighted by Crippen LogP contribution is 2.27. The van der Waals surface area contributed by atoms with Crippen molar-refractivity contribution >= 4 is 16.7 Å². The summed E-state index contributed by atoms with van der Waals surface area (Å²) in [6, 6.07) is 16.2. The lowest BCUT2D eigenvalue weighted by Crippen LogP contribution is -2.13. The smallest absolute Gasteiger partial charge is 0.203 e. The van der Waals surface area contributed by atoms with Crippen LogP contribution in [0.5, 0.6) is 0 Å². The summed E-state index contributed by atoms with van der Waals surface area (Å²) >= 11 is 1.40. The Morgan fingerprint density at radius 2 is 1.77 bits per heavy atom. The summed E-state index contributed by atoms with van der Waals surface area (Å²) in [5.41, 5.74) is 2.12. The maximum Gasteiger partial charge on any atom is 0.203 e. The van der Waals surface area contributed by atoms with E-state index in [1.165, 1.54) is 11.5 Å². The Morgan fingerprint density at radius 3 is 2.41 bits per heavy atom. The third-order valence-electron chi connectivity index (χ3n) is 3.34. The lowest BCUT2D eigenvalue weighted by atomic mass is 10.0. The van der Waals surface area contributed by atoms with Gasteiger partial charge in [-0.3, -0.25) is 4.98 Å². The maximum absolute atomic E-state index is 4.57. The van der Waals surface area contributed by atoms with E-state index in [4.69, 9.17) is 0 Å². The van der Waals surface area contributed by atoms with Crippen molar-refractivity contribution in [3.63, 3.8) is 0 Å². The topological polar surface area (TPSA) is 50.7 Å². The van der Waals surface area contributed by atoms with Crippen molar-refractivity contribution in [2.75, 3.05) is 5.32 Å². The number of nitrogens with zero attached hydrogens (tertiary/aromatic N) is 3. The van der Waals surface area contributed by atoms with Gasteiger partial charge in [-0.2, -0.15) is 4.37 Å². The second-order valence-electron chi connectivity index (χ2n) is 5.36. The number of hydrogen-bond donors (Lipinski definition) is 1. The van der Waals surface area contributed by atoms with Gasteiger partial charge in [-0.1, -0.05) is 50.2 Å². The van der Waals surface area contributed by atoms with E-state index in [9.17, 15) is 0 Å². The highest BCUT2D eigenvalue weighted by Gasteiger charge is 2.17. The molecule has 1 unspecified atom stereocenters. The number of nitrogens with one attached hydrogen (secondary N) is 1. The molecule has 0 bridgehead atoms. The van der Waals surface area contributed by atoms with Gasteiger partial charge in [0.1, 0.15) is 5.82 Å². The van der Waals surface area contributed by atoms with Crippen LogP contribution in [0.1, 0.15) is 42.9 Å². The van der Waals surface area contributed by atoms with Gasteiger partial charge in [-0.05, 0) is 17.7 Å². The first-order valence-corrected chi connectivity index (χ1v) is 8.07. The molecule has 4 nitrogen and oxygen atoms in total. The van der Waals surface area contributed by atoms with E-state index < -0.39 is 0 Å². The first-order chi connectivity index (χ1) is 10.7. The number of hydrogen-bond acceptors (Lipinski definition) is 5. The van der Waals surface area contributed by atoms with Gasteiger partial charge < -0.3 is 5.32 Å². The third kappa shape index (κ3) is 3.31. The van der Waals surface area contributed by atoms with E-state index in [0.717, 1.165) is 22.2 Å². The van der Waals surface area contributed by atoms with E-state index in [1.54, 1.807) is 0 Å². The van der Waals surface area contributed by atoms with Crippen LogP contribution >= 0.6 is 11.5 Å². The van der Waals surface area contributed by atoms with E-state index >= 15 is 0 Å². The van der Waals surface area contributed by atoms with Gasteiger partial charge in [0.05, 0.1) is 11.7 Å². The molecule has 0 aliphatic heterocycles. The summed E-state index contributed by atoms with van der Waals surface area (Å²) in [4.78, 5) is 9.06. The predicted molar refractivity (Wildman–Crippen MR) is 90.1 cm³/mol. The van der Waals surface area contributed by atoms with E-state index in [-0.39, 0.29) is 6.04 Å². The van der Waals surface area contributed by atoms with Gasteiger partial charge in [0, 0.05) is 23.6 Å². The van der Waals surface area contributed by atoms with E-state index in [0.29, 0.717) is 5.92 Å². The Labute approximate surface area is 134 Å². The molecule has 0 saturated heterocycles. The zero-order valence-electron chi connectivity index (χ0n) is 12.6. The number of anilines is 1. The first-order valence-electron chi connectivity index (χ1n) is 7.30. The van der Waals surface area contributed by atoms with E-state index in [1.807, 2.05) is 42.6 Å². The van der Waals surface area contributed by atoms with Crippen LogP contribution in [-0.4, -0.2) is 14.3 Å². The Balaban J connectivity index is 1.92. The fourth-order valence-electron chi connectivity index (χ4n) is 2.17. The van der Waals surface area contributed by atoms with Crippen molar-refractivity contribution in [2.24, 2.45) is 0 Å². The van der Waals surface area contributed by atoms with Crippen LogP contribution in [0.15, 0.2) is 54.7 Å². The zero-order chi connectivity index (χ0) is 15.4. The fourth-order valence-corrected chi connectivity index (χ4v) is 2.91. The van der Waals surface area contributed by atoms with Crippen molar-refractivity contribution in [1.29, 1.82) is 0 Å². The molecule has 1 atom stereocenters. The molecule has 0 aliphatic rings. The number of rotatable bonds is 5. The SMILES string of the molecule is CC(C)c1nsc(NC(c2ccccc2)c2ccccn2)n1. The lowest BCUT2D eigenvalue weighted by molar-refractivity contribution is 0.796. The fraction of sp³-hybridized carbons (Fsp3) is 0.235. The molecule has 2 heterocycles. The van der Waals surface area contributed by atoms with Crippen LogP contribution in [0.25, 0.3) is 0 Å². The van der Waals surface area contributed by atoms with E-state index in [2.05, 4.69) is 45.6 Å². The standard InChI is InChI=1S/C17H18N4S/c1-12(2)16-20-17(22-21-16)19-15(13-8-4-3-5-9-13)14-10-6-7-11-18-14/h3-12,15H,1-2H3,(H,19,20,21). The Morgan fingerprint density at radius 1 is 1.00 bits per heavy atom. The molecule has 1 aromatic carbocycles. The molecular weight excluding hydrogens is 292 g/mol. The molecule has 112 valence electrons. The highest BCUT2D eigenvalue weighted by molar-refractivity contribution is 7.09. The normalized spacial score (nSPS) is 12.3. The second-order valence-corrected chi connectivity index (χ2v) is 6.11. The van der Waals surface area contributed by atoms with Crippen LogP contribution in [0.2, 0.25) is 0 Å². The van der Waals surface area contributed by atoms with Gasteiger partial charge in [-0.25, -0.2) is 4.98 Å². The minimum Gasteiger partial charge on any atom is -0.348 e. The molecule has 0 amide bonds. The van der Waals surface area contributed by atoms with Gasteiger partial charge >= 0.3 is 0 Å². The van der Waals surface area contributed by atoms with Gasteiger partial charge in [-0.15, -0.1) is 0 Å². The molecule has 22 heavy (non-hydrogen) atoms. The molecular formula is C17H18N4S. The second kappa shape index (κ2) is 6.66. The van der Waals surface area contributed by atoms with Gasteiger partial charge in [0.2, 0.25) is 5.13 Å². The number of pyridine rings is 1. The molecule has 0 fully saturated rings. The Bertz CT molecular complexity index is 670. The third-order valence-corrected chi connectivity index (χ3v) is 4.00. The molecule has 3 aromatic rings. The zero-order valence-corrected chi connectivity index (χ0v) is 13.4. The number of benzene rings is 1. The van der Waals surface area contributed by atoms with Crippen LogP contribution in [0.3, 0.4) is 0 Å². The van der Waals surface area contributed by atoms with Crippen LogP contribution in [0, 0.1) is 0 Å². The first kappa shape index (κ1) is 14.7. The summed E-state index contributed by atoms with van der Waals surface area (Å²) in [6.07, 6.45) is 1.81. The highest BCUT2D eigenvalue weighted by atomic mass is 32.1. The summed E-state index contributed by atoms with van der Waals surface area (Å²) in [7, 11) is 0. The van der Waals surface area contributed by atoms with Crippen molar-refractivity contribution < 1.29 is 0 Å². The Kier molecular flexibility index (Phi) is 4.44. The minimum atomic E-state index is -0.0321. The van der Waals surface area contributed by atoms with Gasteiger partial charge in [0.15, 0.2) is 0 Å². The summed E-state index contributed by atoms with van der Waals surface area (Å²) in [6.45, 7) is 4.19. The minimum absolute atomic E-state index is 0.0321. The molecule has 2 aromatic heterocycles. The molecule has 0 saturated carbocycles.